The number of H-pyrrole nitrogens is 1. The predicted molar refractivity (Wildman–Crippen MR) is 72.4 cm³/mol. The van der Waals surface area contributed by atoms with E-state index in [0.29, 0.717) is 11.5 Å². The van der Waals surface area contributed by atoms with Gasteiger partial charge in [0, 0.05) is 12.1 Å². The van der Waals surface area contributed by atoms with Crippen LogP contribution in [0.2, 0.25) is 5.15 Å². The van der Waals surface area contributed by atoms with E-state index in [0.717, 1.165) is 5.56 Å². The molecule has 19 heavy (non-hydrogen) atoms. The molecule has 2 N–H and O–H groups in total. The maximum absolute atomic E-state index is 12.0. The van der Waals surface area contributed by atoms with Crippen LogP contribution in [0.25, 0.3) is 0 Å². The maximum atomic E-state index is 12.0. The molecule has 0 aliphatic heterocycles. The molecule has 0 spiro atoms. The third-order valence-electron chi connectivity index (χ3n) is 2.60. The molecule has 0 aromatic carbocycles. The Hall–Kier alpha value is -1.95. The van der Waals surface area contributed by atoms with E-state index >= 15 is 0 Å². The molecule has 2 heterocycles. The van der Waals surface area contributed by atoms with Crippen molar-refractivity contribution in [2.24, 2.45) is 0 Å². The molecule has 0 aliphatic rings. The predicted octanol–water partition coefficient (Wildman–Crippen LogP) is 2.54. The average Bonchev–Trinajstić information content (AvgIpc) is 2.83. The van der Waals surface area contributed by atoms with E-state index in [1.807, 2.05) is 20.8 Å². The zero-order chi connectivity index (χ0) is 14.0. The van der Waals surface area contributed by atoms with Crippen LogP contribution in [0.4, 0.5) is 5.69 Å². The number of nitrogens with zero attached hydrogens (tertiary/aromatic N) is 3. The van der Waals surface area contributed by atoms with Gasteiger partial charge >= 0.3 is 0 Å². The third kappa shape index (κ3) is 2.90. The standard InChI is InChI=1S/C12H14ClN5O/c1-6(2)10-16-11(18-17-10)12(19)15-8-7(3)4-5-14-9(8)13/h4-6H,1-3H3,(H,15,19)(H,16,17,18). The molecule has 7 heteroatoms. The summed E-state index contributed by atoms with van der Waals surface area (Å²) in [5.41, 5.74) is 1.30. The molecular weight excluding hydrogens is 266 g/mol. The lowest BCUT2D eigenvalue weighted by atomic mass is 10.2. The van der Waals surface area contributed by atoms with Crippen LogP contribution in [0, 0.1) is 6.92 Å². The SMILES string of the molecule is Cc1ccnc(Cl)c1NC(=O)c1n[nH]c(C(C)C)n1. The Morgan fingerprint density at radius 2 is 2.21 bits per heavy atom. The minimum absolute atomic E-state index is 0.0861. The summed E-state index contributed by atoms with van der Waals surface area (Å²) in [6, 6.07) is 1.76. The Morgan fingerprint density at radius 3 is 2.79 bits per heavy atom. The zero-order valence-corrected chi connectivity index (χ0v) is 11.6. The van der Waals surface area contributed by atoms with E-state index in [1.54, 1.807) is 12.3 Å². The molecule has 2 rings (SSSR count). The van der Waals surface area contributed by atoms with Crippen LogP contribution in [0.3, 0.4) is 0 Å². The first-order chi connectivity index (χ1) is 8.99. The van der Waals surface area contributed by atoms with Crippen LogP contribution in [-0.4, -0.2) is 26.1 Å². The van der Waals surface area contributed by atoms with Gasteiger partial charge in [0.25, 0.3) is 5.91 Å². The smallest absolute Gasteiger partial charge is 0.295 e. The van der Waals surface area contributed by atoms with Gasteiger partial charge in [0.15, 0.2) is 5.15 Å². The van der Waals surface area contributed by atoms with Crippen molar-refractivity contribution in [2.75, 3.05) is 5.32 Å². The van der Waals surface area contributed by atoms with Gasteiger partial charge in [-0.2, -0.15) is 0 Å². The highest BCUT2D eigenvalue weighted by Gasteiger charge is 2.16. The molecule has 0 fully saturated rings. The quantitative estimate of drug-likeness (QED) is 0.846. The minimum atomic E-state index is -0.416. The van der Waals surface area contributed by atoms with E-state index in [9.17, 15) is 4.79 Å². The molecule has 100 valence electrons. The normalized spacial score (nSPS) is 10.8. The zero-order valence-electron chi connectivity index (χ0n) is 10.9. The van der Waals surface area contributed by atoms with E-state index in [-0.39, 0.29) is 16.9 Å². The number of amides is 1. The maximum Gasteiger partial charge on any atom is 0.295 e. The van der Waals surface area contributed by atoms with Crippen LogP contribution in [0.15, 0.2) is 12.3 Å². The molecule has 0 saturated heterocycles. The van der Waals surface area contributed by atoms with Crippen molar-refractivity contribution in [1.29, 1.82) is 0 Å². The summed E-state index contributed by atoms with van der Waals surface area (Å²) in [5, 5.41) is 9.52. The summed E-state index contributed by atoms with van der Waals surface area (Å²) in [4.78, 5) is 20.1. The summed E-state index contributed by atoms with van der Waals surface area (Å²) in [6.45, 7) is 5.76. The highest BCUT2D eigenvalue weighted by atomic mass is 35.5. The topological polar surface area (TPSA) is 83.6 Å². The highest BCUT2D eigenvalue weighted by Crippen LogP contribution is 2.23. The van der Waals surface area contributed by atoms with E-state index < -0.39 is 5.91 Å². The first kappa shape index (κ1) is 13.5. The van der Waals surface area contributed by atoms with Crippen molar-refractivity contribution in [3.8, 4) is 0 Å². The molecular formula is C12H14ClN5O. The number of carbonyl (C=O) groups excluding carboxylic acids is 1. The summed E-state index contributed by atoms with van der Waals surface area (Å²) in [5.74, 6) is 0.515. The van der Waals surface area contributed by atoms with Gasteiger partial charge in [-0.3, -0.25) is 9.89 Å². The Bertz CT molecular complexity index is 588. The van der Waals surface area contributed by atoms with Crippen molar-refractivity contribution < 1.29 is 4.79 Å². The first-order valence-electron chi connectivity index (χ1n) is 5.83. The second kappa shape index (κ2) is 5.36. The summed E-state index contributed by atoms with van der Waals surface area (Å²) in [6.07, 6.45) is 1.58. The van der Waals surface area contributed by atoms with Crippen molar-refractivity contribution in [3.05, 3.63) is 34.6 Å². The molecule has 1 amide bonds. The summed E-state index contributed by atoms with van der Waals surface area (Å²) in [7, 11) is 0. The summed E-state index contributed by atoms with van der Waals surface area (Å²) >= 11 is 5.94. The Labute approximate surface area is 115 Å². The van der Waals surface area contributed by atoms with Gasteiger partial charge in [0.05, 0.1) is 5.69 Å². The number of nitrogens with one attached hydrogen (secondary N) is 2. The highest BCUT2D eigenvalue weighted by molar-refractivity contribution is 6.32. The minimum Gasteiger partial charge on any atom is -0.316 e. The molecule has 0 aliphatic carbocycles. The Kier molecular flexibility index (Phi) is 3.80. The summed E-state index contributed by atoms with van der Waals surface area (Å²) < 4.78 is 0. The molecule has 0 bridgehead atoms. The van der Waals surface area contributed by atoms with Gasteiger partial charge in [0.1, 0.15) is 5.82 Å². The number of halogens is 1. The van der Waals surface area contributed by atoms with Crippen LogP contribution in [-0.2, 0) is 0 Å². The lowest BCUT2D eigenvalue weighted by Crippen LogP contribution is -2.15. The molecule has 2 aromatic rings. The van der Waals surface area contributed by atoms with Gasteiger partial charge < -0.3 is 5.32 Å². The van der Waals surface area contributed by atoms with Gasteiger partial charge in [-0.25, -0.2) is 9.97 Å². The number of rotatable bonds is 3. The number of hydrogen-bond acceptors (Lipinski definition) is 4. The fraction of sp³-hybridized carbons (Fsp3) is 0.333. The van der Waals surface area contributed by atoms with Gasteiger partial charge in [-0.1, -0.05) is 25.4 Å². The van der Waals surface area contributed by atoms with Gasteiger partial charge in [-0.05, 0) is 18.6 Å². The number of aromatic nitrogens is 4. The average molecular weight is 280 g/mol. The number of carbonyl (C=O) groups is 1. The lowest BCUT2D eigenvalue weighted by Gasteiger charge is -2.07. The molecule has 0 unspecified atom stereocenters. The number of pyridine rings is 1. The van der Waals surface area contributed by atoms with Gasteiger partial charge in [-0.15, -0.1) is 5.10 Å². The number of aryl methyl sites for hydroxylation is 1. The van der Waals surface area contributed by atoms with E-state index in [2.05, 4.69) is 25.5 Å². The van der Waals surface area contributed by atoms with E-state index in [1.165, 1.54) is 0 Å². The monoisotopic (exact) mass is 279 g/mol. The lowest BCUT2D eigenvalue weighted by molar-refractivity contribution is 0.101. The Morgan fingerprint density at radius 1 is 1.47 bits per heavy atom. The van der Waals surface area contributed by atoms with Crippen molar-refractivity contribution >= 4 is 23.2 Å². The molecule has 0 radical (unpaired) electrons. The molecule has 6 nitrogen and oxygen atoms in total. The molecule has 0 atom stereocenters. The Balaban J connectivity index is 2.21. The third-order valence-corrected chi connectivity index (χ3v) is 2.89. The second-order valence-electron chi connectivity index (χ2n) is 4.45. The number of anilines is 1. The first-order valence-corrected chi connectivity index (χ1v) is 6.21. The second-order valence-corrected chi connectivity index (χ2v) is 4.80. The largest absolute Gasteiger partial charge is 0.316 e. The van der Waals surface area contributed by atoms with Crippen LogP contribution >= 0.6 is 11.6 Å². The number of aromatic amines is 1. The number of hydrogen-bond donors (Lipinski definition) is 2. The van der Waals surface area contributed by atoms with Crippen molar-refractivity contribution in [1.82, 2.24) is 20.2 Å². The fourth-order valence-electron chi connectivity index (χ4n) is 1.48. The van der Waals surface area contributed by atoms with Gasteiger partial charge in [0.2, 0.25) is 5.82 Å². The molecule has 2 aromatic heterocycles. The van der Waals surface area contributed by atoms with Crippen molar-refractivity contribution in [3.63, 3.8) is 0 Å². The van der Waals surface area contributed by atoms with Crippen molar-refractivity contribution in [2.45, 2.75) is 26.7 Å². The van der Waals surface area contributed by atoms with Crippen LogP contribution in [0.5, 0.6) is 0 Å². The fourth-order valence-corrected chi connectivity index (χ4v) is 1.73. The van der Waals surface area contributed by atoms with E-state index in [4.69, 9.17) is 11.6 Å². The van der Waals surface area contributed by atoms with Crippen LogP contribution in [0.1, 0.15) is 41.8 Å². The van der Waals surface area contributed by atoms with Crippen LogP contribution < -0.4 is 5.32 Å². The molecule has 0 saturated carbocycles.